The van der Waals surface area contributed by atoms with E-state index in [-0.39, 0.29) is 30.8 Å². The van der Waals surface area contributed by atoms with Crippen molar-refractivity contribution in [1.82, 2.24) is 14.7 Å². The molecule has 0 aromatic heterocycles. The second kappa shape index (κ2) is 10.3. The third-order valence-corrected chi connectivity index (χ3v) is 7.52. The van der Waals surface area contributed by atoms with Gasteiger partial charge in [-0.2, -0.15) is 0 Å². The number of piperazine rings is 1. The third kappa shape index (κ3) is 5.00. The first-order valence-corrected chi connectivity index (χ1v) is 12.8. The summed E-state index contributed by atoms with van der Waals surface area (Å²) in [5.41, 5.74) is 5.09. The molecule has 3 heterocycles. The van der Waals surface area contributed by atoms with Gasteiger partial charge in [-0.15, -0.1) is 0 Å². The standard InChI is InChI=1S/C26H32N4O4S/c1-6-34-25(33)23-18(4)27-26-30(24(23)21-13-16(2)7-8-17(21)3)20(15-35-26)14-22(32)29-11-9-28(10-12-29)19(5)31/h7-8,13,15,24H,6,9-12,14H2,1-5H3. The molecule has 1 atom stereocenters. The van der Waals surface area contributed by atoms with Crippen molar-refractivity contribution in [1.29, 1.82) is 0 Å². The fourth-order valence-corrected chi connectivity index (χ4v) is 5.69. The van der Waals surface area contributed by atoms with Gasteiger partial charge in [-0.1, -0.05) is 35.5 Å². The number of fused-ring (bicyclic) bond motifs is 1. The number of aliphatic imine (C=N–C) groups is 1. The fraction of sp³-hybridized carbons (Fsp3) is 0.462. The van der Waals surface area contributed by atoms with E-state index in [4.69, 9.17) is 9.73 Å². The maximum Gasteiger partial charge on any atom is 0.338 e. The lowest BCUT2D eigenvalue weighted by atomic mass is 9.90. The minimum Gasteiger partial charge on any atom is -0.463 e. The van der Waals surface area contributed by atoms with E-state index in [9.17, 15) is 14.4 Å². The zero-order chi connectivity index (χ0) is 25.3. The van der Waals surface area contributed by atoms with Crippen LogP contribution in [-0.2, 0) is 19.1 Å². The van der Waals surface area contributed by atoms with Gasteiger partial charge in [0.2, 0.25) is 11.8 Å². The Hall–Kier alpha value is -3.07. The number of esters is 1. The molecule has 1 aromatic carbocycles. The highest BCUT2D eigenvalue weighted by atomic mass is 32.2. The van der Waals surface area contributed by atoms with Crippen molar-refractivity contribution in [3.63, 3.8) is 0 Å². The number of nitrogens with zero attached hydrogens (tertiary/aromatic N) is 4. The lowest BCUT2D eigenvalue weighted by Gasteiger charge is -2.38. The van der Waals surface area contributed by atoms with Crippen LogP contribution in [0.5, 0.6) is 0 Å². The first-order valence-electron chi connectivity index (χ1n) is 11.9. The molecule has 4 rings (SSSR count). The Morgan fingerprint density at radius 3 is 2.43 bits per heavy atom. The van der Waals surface area contributed by atoms with Gasteiger partial charge in [-0.25, -0.2) is 9.79 Å². The number of carbonyl (C=O) groups is 3. The maximum atomic E-state index is 13.3. The highest BCUT2D eigenvalue weighted by molar-refractivity contribution is 8.16. The monoisotopic (exact) mass is 496 g/mol. The summed E-state index contributed by atoms with van der Waals surface area (Å²) >= 11 is 1.47. The second-order valence-corrected chi connectivity index (χ2v) is 9.87. The summed E-state index contributed by atoms with van der Waals surface area (Å²) in [6.07, 6.45) is 0.197. The van der Waals surface area contributed by atoms with Crippen molar-refractivity contribution in [3.05, 3.63) is 57.3 Å². The molecule has 9 heteroatoms. The highest BCUT2D eigenvalue weighted by Crippen LogP contribution is 2.45. The Morgan fingerprint density at radius 2 is 1.77 bits per heavy atom. The summed E-state index contributed by atoms with van der Waals surface area (Å²) in [7, 11) is 0. The summed E-state index contributed by atoms with van der Waals surface area (Å²) in [6.45, 7) is 11.7. The largest absolute Gasteiger partial charge is 0.463 e. The van der Waals surface area contributed by atoms with E-state index in [1.165, 1.54) is 11.8 Å². The Bertz CT molecular complexity index is 1150. The number of rotatable bonds is 5. The van der Waals surface area contributed by atoms with Crippen molar-refractivity contribution in [2.45, 2.75) is 47.1 Å². The Balaban J connectivity index is 1.65. The molecule has 186 valence electrons. The van der Waals surface area contributed by atoms with Gasteiger partial charge in [0.15, 0.2) is 5.17 Å². The summed E-state index contributed by atoms with van der Waals surface area (Å²) in [5.74, 6) is -0.349. The quantitative estimate of drug-likeness (QED) is 0.580. The molecule has 3 aliphatic heterocycles. The number of benzene rings is 1. The minimum absolute atomic E-state index is 0.00461. The molecule has 1 aromatic rings. The normalized spacial score (nSPS) is 19.9. The molecule has 2 amide bonds. The number of amides is 2. The van der Waals surface area contributed by atoms with Crippen molar-refractivity contribution >= 4 is 34.7 Å². The molecular formula is C26H32N4O4S. The van der Waals surface area contributed by atoms with Crippen molar-refractivity contribution < 1.29 is 19.1 Å². The molecule has 1 fully saturated rings. The van der Waals surface area contributed by atoms with E-state index < -0.39 is 6.04 Å². The predicted molar refractivity (Wildman–Crippen MR) is 136 cm³/mol. The van der Waals surface area contributed by atoms with Gasteiger partial charge in [0.05, 0.1) is 30.3 Å². The van der Waals surface area contributed by atoms with E-state index >= 15 is 0 Å². The Kier molecular flexibility index (Phi) is 7.35. The number of allylic oxidation sites excluding steroid dienone is 1. The molecule has 35 heavy (non-hydrogen) atoms. The zero-order valence-corrected chi connectivity index (χ0v) is 21.8. The topological polar surface area (TPSA) is 82.5 Å². The molecule has 0 bridgehead atoms. The molecule has 1 saturated heterocycles. The van der Waals surface area contributed by atoms with Gasteiger partial charge < -0.3 is 19.4 Å². The average molecular weight is 497 g/mol. The summed E-state index contributed by atoms with van der Waals surface area (Å²) in [4.78, 5) is 48.3. The van der Waals surface area contributed by atoms with Crippen LogP contribution in [-0.4, -0.2) is 70.4 Å². The Labute approximate surface area is 210 Å². The van der Waals surface area contributed by atoms with Gasteiger partial charge in [0.25, 0.3) is 0 Å². The average Bonchev–Trinajstić information content (AvgIpc) is 3.21. The van der Waals surface area contributed by atoms with E-state index in [0.29, 0.717) is 37.4 Å². The molecule has 0 saturated carbocycles. The van der Waals surface area contributed by atoms with Crippen molar-refractivity contribution in [2.75, 3.05) is 32.8 Å². The van der Waals surface area contributed by atoms with Gasteiger partial charge in [-0.3, -0.25) is 9.59 Å². The number of hydrogen-bond acceptors (Lipinski definition) is 7. The van der Waals surface area contributed by atoms with Crippen LogP contribution < -0.4 is 0 Å². The molecule has 1 unspecified atom stereocenters. The maximum absolute atomic E-state index is 13.3. The molecule has 0 aliphatic carbocycles. The number of hydrogen-bond donors (Lipinski definition) is 0. The number of aryl methyl sites for hydroxylation is 2. The molecule has 0 radical (unpaired) electrons. The predicted octanol–water partition coefficient (Wildman–Crippen LogP) is 3.52. The molecule has 3 aliphatic rings. The van der Waals surface area contributed by atoms with Crippen LogP contribution in [0.15, 0.2) is 45.6 Å². The van der Waals surface area contributed by atoms with Crippen LogP contribution in [0.25, 0.3) is 0 Å². The smallest absolute Gasteiger partial charge is 0.338 e. The van der Waals surface area contributed by atoms with Crippen LogP contribution >= 0.6 is 11.8 Å². The van der Waals surface area contributed by atoms with Gasteiger partial charge in [0, 0.05) is 38.8 Å². The van der Waals surface area contributed by atoms with Gasteiger partial charge in [0.1, 0.15) is 0 Å². The van der Waals surface area contributed by atoms with E-state index in [1.54, 1.807) is 18.7 Å². The first-order chi connectivity index (χ1) is 16.7. The van der Waals surface area contributed by atoms with Crippen LogP contribution in [0.1, 0.15) is 49.9 Å². The number of thioether (sulfide) groups is 1. The summed E-state index contributed by atoms with van der Waals surface area (Å²) in [5, 5.41) is 2.72. The van der Waals surface area contributed by atoms with E-state index in [1.807, 2.05) is 36.0 Å². The van der Waals surface area contributed by atoms with Crippen molar-refractivity contribution in [3.8, 4) is 0 Å². The molecule has 0 N–H and O–H groups in total. The van der Waals surface area contributed by atoms with Gasteiger partial charge in [-0.05, 0) is 44.2 Å². The fourth-order valence-electron chi connectivity index (χ4n) is 4.73. The molecular weight excluding hydrogens is 464 g/mol. The number of ether oxygens (including phenoxy) is 1. The summed E-state index contributed by atoms with van der Waals surface area (Å²) in [6, 6.07) is 5.78. The third-order valence-electron chi connectivity index (χ3n) is 6.64. The first kappa shape index (κ1) is 25.0. The number of amidine groups is 1. The second-order valence-electron chi connectivity index (χ2n) is 9.04. The van der Waals surface area contributed by atoms with Gasteiger partial charge >= 0.3 is 5.97 Å². The summed E-state index contributed by atoms with van der Waals surface area (Å²) < 4.78 is 5.44. The van der Waals surface area contributed by atoms with E-state index in [0.717, 1.165) is 27.6 Å². The van der Waals surface area contributed by atoms with Crippen LogP contribution in [0.2, 0.25) is 0 Å². The lowest BCUT2D eigenvalue weighted by Crippen LogP contribution is -2.50. The Morgan fingerprint density at radius 1 is 1.09 bits per heavy atom. The zero-order valence-electron chi connectivity index (χ0n) is 21.0. The molecule has 0 spiro atoms. The lowest BCUT2D eigenvalue weighted by molar-refractivity contribution is -0.139. The van der Waals surface area contributed by atoms with E-state index in [2.05, 4.69) is 18.2 Å². The van der Waals surface area contributed by atoms with Crippen LogP contribution in [0, 0.1) is 13.8 Å². The SMILES string of the molecule is CCOC(=O)C1=C(C)N=C2SC=C(CC(=O)N3CCN(C(C)=O)CC3)N2C1c1cc(C)ccc1C. The van der Waals surface area contributed by atoms with Crippen LogP contribution in [0.3, 0.4) is 0 Å². The number of carbonyl (C=O) groups excluding carboxylic acids is 3. The van der Waals surface area contributed by atoms with Crippen LogP contribution in [0.4, 0.5) is 0 Å². The van der Waals surface area contributed by atoms with Crippen molar-refractivity contribution in [2.24, 2.45) is 4.99 Å². The highest BCUT2D eigenvalue weighted by Gasteiger charge is 2.42. The molecule has 8 nitrogen and oxygen atoms in total. The minimum atomic E-state index is -0.426.